The van der Waals surface area contributed by atoms with Gasteiger partial charge in [-0.2, -0.15) is 0 Å². The lowest BCUT2D eigenvalue weighted by Crippen LogP contribution is -2.41. The number of rotatable bonds is 8. The molecule has 0 saturated heterocycles. The Bertz CT molecular complexity index is 1150. The lowest BCUT2D eigenvalue weighted by Gasteiger charge is -2.28. The van der Waals surface area contributed by atoms with Crippen molar-refractivity contribution in [3.8, 4) is 0 Å². The fourth-order valence-electron chi connectivity index (χ4n) is 4.32. The van der Waals surface area contributed by atoms with E-state index in [0.717, 1.165) is 42.8 Å². The number of aryl methyl sites for hydroxylation is 2. The normalized spacial score (nSPS) is 13.5. The van der Waals surface area contributed by atoms with Gasteiger partial charge >= 0.3 is 0 Å². The molecule has 3 aromatic rings. The van der Waals surface area contributed by atoms with Crippen molar-refractivity contribution in [2.75, 3.05) is 6.54 Å². The summed E-state index contributed by atoms with van der Waals surface area (Å²) in [5.74, 6) is 0.503. The molecule has 6 heteroatoms. The summed E-state index contributed by atoms with van der Waals surface area (Å²) in [7, 11) is 0. The van der Waals surface area contributed by atoms with Crippen molar-refractivity contribution in [2.45, 2.75) is 59.3 Å². The first-order valence-electron chi connectivity index (χ1n) is 11.8. The average Bonchev–Trinajstić information content (AvgIpc) is 2.85. The first-order valence-corrected chi connectivity index (χ1v) is 11.8. The minimum Gasteiger partial charge on any atom is -0.350 e. The molecule has 1 aromatic heterocycles. The maximum absolute atomic E-state index is 13.4. The van der Waals surface area contributed by atoms with E-state index in [1.165, 1.54) is 11.1 Å². The first-order chi connectivity index (χ1) is 16.1. The van der Waals surface area contributed by atoms with Crippen molar-refractivity contribution in [1.29, 1.82) is 0 Å². The lowest BCUT2D eigenvalue weighted by atomic mass is 10.1. The van der Waals surface area contributed by atoms with Gasteiger partial charge in [0.15, 0.2) is 0 Å². The van der Waals surface area contributed by atoms with E-state index in [0.29, 0.717) is 25.3 Å². The molecule has 0 radical (unpaired) electrons. The molecule has 0 spiro atoms. The van der Waals surface area contributed by atoms with Crippen LogP contribution in [0.4, 0.5) is 0 Å². The summed E-state index contributed by atoms with van der Waals surface area (Å²) in [5.41, 5.74) is 5.06. The quantitative estimate of drug-likeness (QED) is 0.579. The van der Waals surface area contributed by atoms with E-state index in [1.54, 1.807) is 4.57 Å². The highest BCUT2D eigenvalue weighted by atomic mass is 16.2. The number of aromatic nitrogens is 2. The second kappa shape index (κ2) is 10.6. The summed E-state index contributed by atoms with van der Waals surface area (Å²) in [5, 5.41) is 2.95. The van der Waals surface area contributed by atoms with Crippen molar-refractivity contribution >= 4 is 5.91 Å². The van der Waals surface area contributed by atoms with Gasteiger partial charge in [0.25, 0.3) is 5.56 Å². The van der Waals surface area contributed by atoms with Gasteiger partial charge in [0.2, 0.25) is 5.91 Å². The summed E-state index contributed by atoms with van der Waals surface area (Å²) >= 11 is 0. The van der Waals surface area contributed by atoms with Gasteiger partial charge in [-0.1, -0.05) is 68.4 Å². The van der Waals surface area contributed by atoms with Crippen molar-refractivity contribution in [2.24, 2.45) is 0 Å². The summed E-state index contributed by atoms with van der Waals surface area (Å²) in [6.07, 6.45) is 2.36. The molecular weight excluding hydrogens is 412 g/mol. The Balaban J connectivity index is 1.47. The third-order valence-corrected chi connectivity index (χ3v) is 6.26. The molecule has 0 unspecified atom stereocenters. The summed E-state index contributed by atoms with van der Waals surface area (Å²) in [6.45, 7) is 6.77. The molecule has 0 aliphatic carbocycles. The molecule has 6 nitrogen and oxygen atoms in total. The van der Waals surface area contributed by atoms with E-state index in [-0.39, 0.29) is 18.0 Å². The molecule has 1 aliphatic rings. The van der Waals surface area contributed by atoms with E-state index in [4.69, 9.17) is 4.98 Å². The topological polar surface area (TPSA) is 67.2 Å². The Morgan fingerprint density at radius 1 is 0.970 bits per heavy atom. The van der Waals surface area contributed by atoms with Crippen LogP contribution >= 0.6 is 0 Å². The van der Waals surface area contributed by atoms with E-state index >= 15 is 0 Å². The van der Waals surface area contributed by atoms with Crippen LogP contribution in [-0.4, -0.2) is 26.9 Å². The first kappa shape index (κ1) is 22.9. The number of hydrogen-bond donors (Lipinski definition) is 1. The minimum atomic E-state index is -0.176. The van der Waals surface area contributed by atoms with Crippen LogP contribution in [0.1, 0.15) is 47.6 Å². The third-order valence-electron chi connectivity index (χ3n) is 6.26. The van der Waals surface area contributed by atoms with E-state index in [9.17, 15) is 9.59 Å². The monoisotopic (exact) mass is 444 g/mol. The van der Waals surface area contributed by atoms with Gasteiger partial charge in [-0.05, 0) is 23.1 Å². The Kier molecular flexibility index (Phi) is 7.35. The maximum atomic E-state index is 13.4. The van der Waals surface area contributed by atoms with Gasteiger partial charge in [0.05, 0.1) is 11.3 Å². The molecule has 1 aliphatic heterocycles. The molecule has 2 heterocycles. The molecule has 0 atom stereocenters. The van der Waals surface area contributed by atoms with Gasteiger partial charge in [-0.25, -0.2) is 4.98 Å². The number of carbonyl (C=O) groups is 1. The standard InChI is InChI=1S/C27H32N4O2/c1-3-20-10-12-21(13-11-20)16-28-26(32)19-31-25(4-2)29-24-14-15-30(18-23(24)27(31)33)17-22-8-6-5-7-9-22/h5-13H,3-4,14-19H2,1-2H3,(H,28,32). The zero-order valence-electron chi connectivity index (χ0n) is 19.5. The van der Waals surface area contributed by atoms with Crippen LogP contribution < -0.4 is 10.9 Å². The summed E-state index contributed by atoms with van der Waals surface area (Å²) < 4.78 is 1.56. The molecule has 172 valence electrons. The molecule has 1 amide bonds. The number of hydrogen-bond acceptors (Lipinski definition) is 4. The predicted molar refractivity (Wildman–Crippen MR) is 130 cm³/mol. The van der Waals surface area contributed by atoms with E-state index in [1.807, 2.05) is 37.3 Å². The molecule has 0 bridgehead atoms. The van der Waals surface area contributed by atoms with Gasteiger partial charge in [0, 0.05) is 39.0 Å². The number of benzene rings is 2. The number of carbonyl (C=O) groups excluding carboxylic acids is 1. The fraction of sp³-hybridized carbons (Fsp3) is 0.370. The molecule has 0 saturated carbocycles. The molecule has 33 heavy (non-hydrogen) atoms. The number of nitrogens with zero attached hydrogens (tertiary/aromatic N) is 3. The highest BCUT2D eigenvalue weighted by Gasteiger charge is 2.24. The third kappa shape index (κ3) is 5.57. The van der Waals surface area contributed by atoms with Crippen LogP contribution in [0.25, 0.3) is 0 Å². The van der Waals surface area contributed by atoms with Crippen molar-refractivity contribution < 1.29 is 4.79 Å². The largest absolute Gasteiger partial charge is 0.350 e. The van der Waals surface area contributed by atoms with Gasteiger partial charge in [-0.15, -0.1) is 0 Å². The SMILES string of the molecule is CCc1ccc(CNC(=O)Cn2c(CC)nc3c(c2=O)CN(Cc2ccccc2)CC3)cc1. The van der Waals surface area contributed by atoms with E-state index < -0.39 is 0 Å². The van der Waals surface area contributed by atoms with Crippen LogP contribution in [0.5, 0.6) is 0 Å². The van der Waals surface area contributed by atoms with Crippen LogP contribution in [-0.2, 0) is 50.2 Å². The Morgan fingerprint density at radius 2 is 1.70 bits per heavy atom. The summed E-state index contributed by atoms with van der Waals surface area (Å²) in [4.78, 5) is 33.1. The maximum Gasteiger partial charge on any atom is 0.258 e. The van der Waals surface area contributed by atoms with Crippen LogP contribution in [0, 0.1) is 0 Å². The minimum absolute atomic E-state index is 0.00594. The number of nitrogens with one attached hydrogen (secondary N) is 1. The van der Waals surface area contributed by atoms with Gasteiger partial charge in [-0.3, -0.25) is 19.1 Å². The zero-order chi connectivity index (χ0) is 23.2. The van der Waals surface area contributed by atoms with Crippen molar-refractivity contribution in [3.63, 3.8) is 0 Å². The molecule has 1 N–H and O–H groups in total. The van der Waals surface area contributed by atoms with E-state index in [2.05, 4.69) is 41.4 Å². The van der Waals surface area contributed by atoms with Crippen LogP contribution in [0.2, 0.25) is 0 Å². The van der Waals surface area contributed by atoms with Crippen LogP contribution in [0.15, 0.2) is 59.4 Å². The average molecular weight is 445 g/mol. The van der Waals surface area contributed by atoms with Crippen molar-refractivity contribution in [3.05, 3.63) is 98.7 Å². The molecule has 0 fully saturated rings. The summed E-state index contributed by atoms with van der Waals surface area (Å²) in [6, 6.07) is 18.5. The smallest absolute Gasteiger partial charge is 0.258 e. The van der Waals surface area contributed by atoms with Crippen LogP contribution in [0.3, 0.4) is 0 Å². The fourth-order valence-corrected chi connectivity index (χ4v) is 4.32. The molecule has 4 rings (SSSR count). The Morgan fingerprint density at radius 3 is 2.39 bits per heavy atom. The Labute approximate surface area is 195 Å². The highest BCUT2D eigenvalue weighted by Crippen LogP contribution is 2.17. The molecular formula is C27H32N4O2. The second-order valence-electron chi connectivity index (χ2n) is 8.59. The number of fused-ring (bicyclic) bond motifs is 1. The lowest BCUT2D eigenvalue weighted by molar-refractivity contribution is -0.121. The molecule has 2 aromatic carbocycles. The highest BCUT2D eigenvalue weighted by molar-refractivity contribution is 5.75. The van der Waals surface area contributed by atoms with Gasteiger partial charge in [0.1, 0.15) is 12.4 Å². The zero-order valence-corrected chi connectivity index (χ0v) is 19.5. The second-order valence-corrected chi connectivity index (χ2v) is 8.59. The van der Waals surface area contributed by atoms with Crippen molar-refractivity contribution in [1.82, 2.24) is 19.8 Å². The predicted octanol–water partition coefficient (Wildman–Crippen LogP) is 3.24. The number of amides is 1. The van der Waals surface area contributed by atoms with Gasteiger partial charge < -0.3 is 5.32 Å². The Hall–Kier alpha value is -3.25.